The topological polar surface area (TPSA) is 60.8 Å². The SMILES string of the molecule is O=C1CCCCN1c1ccc(B(O)O)cc1. The lowest BCUT2D eigenvalue weighted by atomic mass is 9.80. The van der Waals surface area contributed by atoms with Crippen LogP contribution in [0.2, 0.25) is 0 Å². The number of hydrogen-bond donors (Lipinski definition) is 2. The number of carbonyl (C=O) groups excluding carboxylic acids is 1. The Morgan fingerprint density at radius 1 is 1.12 bits per heavy atom. The van der Waals surface area contributed by atoms with Gasteiger partial charge in [0.1, 0.15) is 0 Å². The summed E-state index contributed by atoms with van der Waals surface area (Å²) in [7, 11) is -1.45. The van der Waals surface area contributed by atoms with E-state index in [1.807, 2.05) is 0 Å². The highest BCUT2D eigenvalue weighted by atomic mass is 16.4. The molecule has 1 aromatic rings. The molecule has 0 unspecified atom stereocenters. The summed E-state index contributed by atoms with van der Waals surface area (Å²) in [6.45, 7) is 0.750. The molecule has 2 N–H and O–H groups in total. The Balaban J connectivity index is 2.17. The molecule has 4 nitrogen and oxygen atoms in total. The second-order valence-corrected chi connectivity index (χ2v) is 3.97. The maximum atomic E-state index is 11.6. The van der Waals surface area contributed by atoms with Crippen LogP contribution in [0.4, 0.5) is 5.69 Å². The average Bonchev–Trinajstić information content (AvgIpc) is 2.30. The van der Waals surface area contributed by atoms with Crippen LogP contribution < -0.4 is 10.4 Å². The van der Waals surface area contributed by atoms with Gasteiger partial charge in [-0.15, -0.1) is 0 Å². The van der Waals surface area contributed by atoms with E-state index in [2.05, 4.69) is 0 Å². The van der Waals surface area contributed by atoms with E-state index in [9.17, 15) is 4.79 Å². The molecule has 0 atom stereocenters. The van der Waals surface area contributed by atoms with Crippen molar-refractivity contribution in [2.75, 3.05) is 11.4 Å². The Bertz CT molecular complexity index is 377. The molecule has 0 radical (unpaired) electrons. The normalized spacial score (nSPS) is 16.4. The van der Waals surface area contributed by atoms with E-state index in [1.165, 1.54) is 0 Å². The Kier molecular flexibility index (Phi) is 3.26. The number of nitrogens with zero attached hydrogens (tertiary/aromatic N) is 1. The molecule has 1 amide bonds. The van der Waals surface area contributed by atoms with Gasteiger partial charge in [0.15, 0.2) is 0 Å². The highest BCUT2D eigenvalue weighted by Crippen LogP contribution is 2.19. The van der Waals surface area contributed by atoms with Crippen molar-refractivity contribution in [2.45, 2.75) is 19.3 Å². The third kappa shape index (κ3) is 2.26. The molecule has 16 heavy (non-hydrogen) atoms. The second-order valence-electron chi connectivity index (χ2n) is 3.97. The molecule has 84 valence electrons. The lowest BCUT2D eigenvalue weighted by molar-refractivity contribution is -0.119. The monoisotopic (exact) mass is 219 g/mol. The largest absolute Gasteiger partial charge is 0.488 e. The summed E-state index contributed by atoms with van der Waals surface area (Å²) in [6.07, 6.45) is 2.59. The van der Waals surface area contributed by atoms with E-state index < -0.39 is 7.12 Å². The molecule has 1 saturated heterocycles. The highest BCUT2D eigenvalue weighted by Gasteiger charge is 2.20. The molecule has 5 heteroatoms. The standard InChI is InChI=1S/C11H14BNO3/c14-11-3-1-2-8-13(11)10-6-4-9(5-7-10)12(15)16/h4-7,15-16H,1-3,8H2. The van der Waals surface area contributed by atoms with Crippen LogP contribution in [0.15, 0.2) is 24.3 Å². The van der Waals surface area contributed by atoms with Crippen LogP contribution in [0.5, 0.6) is 0 Å². The summed E-state index contributed by atoms with van der Waals surface area (Å²) in [6, 6.07) is 6.75. The van der Waals surface area contributed by atoms with Gasteiger partial charge in [-0.25, -0.2) is 0 Å². The molecule has 0 saturated carbocycles. The van der Waals surface area contributed by atoms with Crippen molar-refractivity contribution < 1.29 is 14.8 Å². The maximum Gasteiger partial charge on any atom is 0.488 e. The predicted octanol–water partition coefficient (Wildman–Crippen LogP) is -0.117. The van der Waals surface area contributed by atoms with Crippen LogP contribution in [0.1, 0.15) is 19.3 Å². The molecule has 1 aromatic carbocycles. The summed E-state index contributed by atoms with van der Waals surface area (Å²) >= 11 is 0. The third-order valence-electron chi connectivity index (χ3n) is 2.83. The Morgan fingerprint density at radius 2 is 1.81 bits per heavy atom. The minimum Gasteiger partial charge on any atom is -0.423 e. The molecular weight excluding hydrogens is 205 g/mol. The number of anilines is 1. The lowest BCUT2D eigenvalue weighted by Crippen LogP contribution is -2.36. The van der Waals surface area contributed by atoms with Gasteiger partial charge in [-0.1, -0.05) is 12.1 Å². The van der Waals surface area contributed by atoms with Crippen LogP contribution in [-0.4, -0.2) is 29.6 Å². The fourth-order valence-electron chi connectivity index (χ4n) is 1.91. The average molecular weight is 219 g/mol. The van der Waals surface area contributed by atoms with Crippen LogP contribution in [0, 0.1) is 0 Å². The maximum absolute atomic E-state index is 11.6. The zero-order chi connectivity index (χ0) is 11.5. The van der Waals surface area contributed by atoms with Gasteiger partial charge in [0, 0.05) is 18.7 Å². The molecular formula is C11H14BNO3. The van der Waals surface area contributed by atoms with Gasteiger partial charge in [0.25, 0.3) is 0 Å². The number of hydrogen-bond acceptors (Lipinski definition) is 3. The van der Waals surface area contributed by atoms with Crippen molar-refractivity contribution in [3.8, 4) is 0 Å². The minimum absolute atomic E-state index is 0.142. The zero-order valence-corrected chi connectivity index (χ0v) is 8.97. The van der Waals surface area contributed by atoms with E-state index >= 15 is 0 Å². The molecule has 1 aliphatic rings. The van der Waals surface area contributed by atoms with Gasteiger partial charge in [-0.05, 0) is 30.4 Å². The van der Waals surface area contributed by atoms with Gasteiger partial charge in [0.05, 0.1) is 0 Å². The fourth-order valence-corrected chi connectivity index (χ4v) is 1.91. The van der Waals surface area contributed by atoms with E-state index in [4.69, 9.17) is 10.0 Å². The molecule has 0 aromatic heterocycles. The van der Waals surface area contributed by atoms with E-state index in [0.717, 1.165) is 25.1 Å². The van der Waals surface area contributed by atoms with Gasteiger partial charge >= 0.3 is 7.12 Å². The Hall–Kier alpha value is -1.33. The van der Waals surface area contributed by atoms with Gasteiger partial charge in [-0.2, -0.15) is 0 Å². The molecule has 0 bridgehead atoms. The quantitative estimate of drug-likeness (QED) is 0.682. The van der Waals surface area contributed by atoms with Gasteiger partial charge < -0.3 is 14.9 Å². The van der Waals surface area contributed by atoms with Gasteiger partial charge in [0.2, 0.25) is 5.91 Å². The molecule has 1 aliphatic heterocycles. The first-order chi connectivity index (χ1) is 7.68. The number of carbonyl (C=O) groups is 1. The van der Waals surface area contributed by atoms with Crippen molar-refractivity contribution in [3.63, 3.8) is 0 Å². The van der Waals surface area contributed by atoms with Crippen LogP contribution in [-0.2, 0) is 4.79 Å². The predicted molar refractivity (Wildman–Crippen MR) is 62.5 cm³/mol. The first-order valence-corrected chi connectivity index (χ1v) is 5.45. The third-order valence-corrected chi connectivity index (χ3v) is 2.83. The zero-order valence-electron chi connectivity index (χ0n) is 8.97. The second kappa shape index (κ2) is 4.68. The first-order valence-electron chi connectivity index (χ1n) is 5.45. The van der Waals surface area contributed by atoms with Crippen molar-refractivity contribution in [3.05, 3.63) is 24.3 Å². The number of rotatable bonds is 2. The minimum atomic E-state index is -1.45. The molecule has 1 heterocycles. The molecule has 2 rings (SSSR count). The highest BCUT2D eigenvalue weighted by molar-refractivity contribution is 6.58. The number of piperidine rings is 1. The molecule has 0 aliphatic carbocycles. The van der Waals surface area contributed by atoms with Crippen molar-refractivity contribution >= 4 is 24.2 Å². The van der Waals surface area contributed by atoms with Crippen molar-refractivity contribution in [1.82, 2.24) is 0 Å². The first kappa shape index (κ1) is 11.2. The Morgan fingerprint density at radius 3 is 2.38 bits per heavy atom. The van der Waals surface area contributed by atoms with Crippen molar-refractivity contribution in [2.24, 2.45) is 0 Å². The van der Waals surface area contributed by atoms with E-state index in [0.29, 0.717) is 11.9 Å². The summed E-state index contributed by atoms with van der Waals surface area (Å²) in [5, 5.41) is 17.9. The summed E-state index contributed by atoms with van der Waals surface area (Å²) in [5.41, 5.74) is 1.27. The van der Waals surface area contributed by atoms with E-state index in [1.54, 1.807) is 29.2 Å². The van der Waals surface area contributed by atoms with Crippen LogP contribution in [0.25, 0.3) is 0 Å². The number of amides is 1. The lowest BCUT2D eigenvalue weighted by Gasteiger charge is -2.26. The molecule has 1 fully saturated rings. The molecule has 0 spiro atoms. The summed E-state index contributed by atoms with van der Waals surface area (Å²) < 4.78 is 0. The summed E-state index contributed by atoms with van der Waals surface area (Å²) in [4.78, 5) is 13.4. The van der Waals surface area contributed by atoms with Crippen LogP contribution >= 0.6 is 0 Å². The summed E-state index contributed by atoms with van der Waals surface area (Å²) in [5.74, 6) is 0.142. The van der Waals surface area contributed by atoms with Gasteiger partial charge in [-0.3, -0.25) is 4.79 Å². The smallest absolute Gasteiger partial charge is 0.423 e. The van der Waals surface area contributed by atoms with Crippen molar-refractivity contribution in [1.29, 1.82) is 0 Å². The van der Waals surface area contributed by atoms with Crippen LogP contribution in [0.3, 0.4) is 0 Å². The van der Waals surface area contributed by atoms with E-state index in [-0.39, 0.29) is 5.91 Å². The Labute approximate surface area is 94.7 Å². The number of benzene rings is 1. The fraction of sp³-hybridized carbons (Fsp3) is 0.364.